The molecule has 2 heteroatoms. The van der Waals surface area contributed by atoms with Crippen LogP contribution >= 0.6 is 0 Å². The number of hydrogen-bond donors (Lipinski definition) is 0. The highest BCUT2D eigenvalue weighted by Crippen LogP contribution is 2.42. The summed E-state index contributed by atoms with van der Waals surface area (Å²) in [5.74, 6) is 0.309. The van der Waals surface area contributed by atoms with Crippen LogP contribution in [0, 0.1) is 0 Å². The maximum Gasteiger partial charge on any atom is 0.0560 e. The fourth-order valence-electron chi connectivity index (χ4n) is 8.70. The van der Waals surface area contributed by atoms with E-state index in [0.717, 1.165) is 25.7 Å². The highest BCUT2D eigenvalue weighted by atomic mass is 15.0. The number of para-hydroxylation sites is 2. The molecule has 0 radical (unpaired) electrons. The van der Waals surface area contributed by atoms with Crippen molar-refractivity contribution in [3.63, 3.8) is 0 Å². The zero-order valence-electron chi connectivity index (χ0n) is 28.0. The van der Waals surface area contributed by atoms with Crippen molar-refractivity contribution in [2.45, 2.75) is 37.6 Å². The molecule has 0 spiro atoms. The molecule has 2 nitrogen and oxygen atoms in total. The summed E-state index contributed by atoms with van der Waals surface area (Å²) in [5.41, 5.74) is 14.7. The summed E-state index contributed by atoms with van der Waals surface area (Å²) in [5, 5.41) is 4.02. The van der Waals surface area contributed by atoms with E-state index in [4.69, 9.17) is 0 Å². The molecule has 0 fully saturated rings. The van der Waals surface area contributed by atoms with Gasteiger partial charge >= 0.3 is 0 Å². The lowest BCUT2D eigenvalue weighted by Gasteiger charge is -2.24. The van der Waals surface area contributed by atoms with Crippen molar-refractivity contribution in [3.8, 4) is 0 Å². The van der Waals surface area contributed by atoms with Gasteiger partial charge in [0, 0.05) is 39.0 Å². The molecule has 0 bridgehead atoms. The predicted octanol–water partition coefficient (Wildman–Crippen LogP) is 12.4. The van der Waals surface area contributed by atoms with Gasteiger partial charge in [0.05, 0.1) is 17.1 Å². The van der Waals surface area contributed by atoms with Crippen LogP contribution in [0.25, 0.3) is 55.6 Å². The Labute approximate surface area is 293 Å². The van der Waals surface area contributed by atoms with Crippen molar-refractivity contribution >= 4 is 55.6 Å². The van der Waals surface area contributed by atoms with Crippen LogP contribution < -0.4 is 0 Å². The Hall–Kier alpha value is -5.86. The van der Waals surface area contributed by atoms with Crippen LogP contribution in [0.4, 0.5) is 0 Å². The topological polar surface area (TPSA) is 9.86 Å². The van der Waals surface area contributed by atoms with E-state index in [1.807, 2.05) is 0 Å². The molecule has 0 aliphatic heterocycles. The number of aromatic nitrogens is 2. The summed E-state index contributed by atoms with van der Waals surface area (Å²) in [6.07, 6.45) is 20.8. The first kappa shape index (κ1) is 29.1. The van der Waals surface area contributed by atoms with Crippen molar-refractivity contribution in [2.24, 2.45) is 0 Å². The predicted molar refractivity (Wildman–Crippen MR) is 212 cm³/mol. The van der Waals surface area contributed by atoms with E-state index in [1.165, 1.54) is 77.5 Å². The first-order valence-corrected chi connectivity index (χ1v) is 18.0. The van der Waals surface area contributed by atoms with Crippen LogP contribution in [0.3, 0.4) is 0 Å². The van der Waals surface area contributed by atoms with Gasteiger partial charge in [0.1, 0.15) is 0 Å². The van der Waals surface area contributed by atoms with Gasteiger partial charge in [0.15, 0.2) is 0 Å². The monoisotopic (exact) mass is 642 g/mol. The van der Waals surface area contributed by atoms with Crippen molar-refractivity contribution in [2.75, 3.05) is 0 Å². The summed E-state index contributed by atoms with van der Waals surface area (Å²) in [7, 11) is 0. The summed E-state index contributed by atoms with van der Waals surface area (Å²) in [4.78, 5) is 0. The van der Waals surface area contributed by atoms with Crippen molar-refractivity contribution < 1.29 is 0 Å². The van der Waals surface area contributed by atoms with Crippen molar-refractivity contribution in [3.05, 3.63) is 192 Å². The van der Waals surface area contributed by atoms with Crippen LogP contribution in [-0.4, -0.2) is 9.13 Å². The summed E-state index contributed by atoms with van der Waals surface area (Å²) in [6.45, 7) is 0. The Morgan fingerprint density at radius 2 is 1.26 bits per heavy atom. The lowest BCUT2D eigenvalue weighted by atomic mass is 9.86. The third kappa shape index (κ3) is 4.78. The normalized spacial score (nSPS) is 18.7. The van der Waals surface area contributed by atoms with E-state index in [1.54, 1.807) is 0 Å². The van der Waals surface area contributed by atoms with Gasteiger partial charge in [-0.15, -0.1) is 0 Å². The quantitative estimate of drug-likeness (QED) is 0.177. The highest BCUT2D eigenvalue weighted by molar-refractivity contribution is 6.10. The fraction of sp³-hybridized carbons (Fsp3) is 0.125. The van der Waals surface area contributed by atoms with E-state index < -0.39 is 0 Å². The van der Waals surface area contributed by atoms with E-state index >= 15 is 0 Å². The molecule has 10 rings (SSSR count). The SMILES string of the molecule is C1=CC(n2c3c(c4ccccc42)CC(c2ccc4c5ccccc5n(C5=CC(c6ccccc6)=CCC5)c4c2)C=C3)CC=C1c1ccccc1. The minimum absolute atomic E-state index is 0.294. The van der Waals surface area contributed by atoms with Gasteiger partial charge in [-0.25, -0.2) is 0 Å². The molecule has 7 aromatic rings. The molecule has 2 unspecified atom stereocenters. The zero-order valence-corrected chi connectivity index (χ0v) is 28.0. The van der Waals surface area contributed by atoms with Crippen molar-refractivity contribution in [1.29, 1.82) is 0 Å². The molecule has 0 amide bonds. The lowest BCUT2D eigenvalue weighted by Crippen LogP contribution is -2.12. The summed E-state index contributed by atoms with van der Waals surface area (Å²) < 4.78 is 5.13. The average molecular weight is 643 g/mol. The molecule has 50 heavy (non-hydrogen) atoms. The van der Waals surface area contributed by atoms with Gasteiger partial charge < -0.3 is 9.13 Å². The maximum absolute atomic E-state index is 2.58. The van der Waals surface area contributed by atoms with E-state index in [2.05, 4.69) is 179 Å². The van der Waals surface area contributed by atoms with E-state index in [9.17, 15) is 0 Å². The number of fused-ring (bicyclic) bond motifs is 6. The second kappa shape index (κ2) is 11.9. The van der Waals surface area contributed by atoms with Crippen LogP contribution in [0.1, 0.15) is 59.2 Å². The first-order chi connectivity index (χ1) is 24.8. The number of rotatable bonds is 5. The van der Waals surface area contributed by atoms with Crippen molar-refractivity contribution in [1.82, 2.24) is 9.13 Å². The second-order valence-corrected chi connectivity index (χ2v) is 13.9. The molecule has 0 N–H and O–H groups in total. The molecule has 2 aromatic heterocycles. The Morgan fingerprint density at radius 3 is 2.04 bits per heavy atom. The number of benzene rings is 5. The largest absolute Gasteiger partial charge is 0.333 e. The third-order valence-electron chi connectivity index (χ3n) is 11.1. The Balaban J connectivity index is 1.03. The van der Waals surface area contributed by atoms with Gasteiger partial charge in [0.25, 0.3) is 0 Å². The molecule has 5 aromatic carbocycles. The third-order valence-corrected chi connectivity index (χ3v) is 11.1. The van der Waals surface area contributed by atoms with Gasteiger partial charge in [0.2, 0.25) is 0 Å². The van der Waals surface area contributed by atoms with Crippen LogP contribution in [0.2, 0.25) is 0 Å². The van der Waals surface area contributed by atoms with Crippen LogP contribution in [0.5, 0.6) is 0 Å². The smallest absolute Gasteiger partial charge is 0.0560 e. The van der Waals surface area contributed by atoms with Gasteiger partial charge in [-0.3, -0.25) is 0 Å². The zero-order chi connectivity index (χ0) is 33.0. The Bertz CT molecular complexity index is 2580. The van der Waals surface area contributed by atoms with Crippen LogP contribution in [-0.2, 0) is 6.42 Å². The molecular formula is C48H38N2. The van der Waals surface area contributed by atoms with E-state index in [0.29, 0.717) is 12.0 Å². The molecular weight excluding hydrogens is 605 g/mol. The average Bonchev–Trinajstić information content (AvgIpc) is 3.71. The van der Waals surface area contributed by atoms with Gasteiger partial charge in [-0.05, 0) is 89.4 Å². The lowest BCUT2D eigenvalue weighted by molar-refractivity contribution is 0.621. The van der Waals surface area contributed by atoms with E-state index in [-0.39, 0.29) is 0 Å². The minimum Gasteiger partial charge on any atom is -0.333 e. The summed E-state index contributed by atoms with van der Waals surface area (Å²) in [6, 6.07) is 47.0. The van der Waals surface area contributed by atoms with Crippen LogP contribution in [0.15, 0.2) is 164 Å². The first-order valence-electron chi connectivity index (χ1n) is 18.0. The standard InChI is InChI=1S/C48H38N2/c1-3-12-33(13-4-1)35-22-26-39(27-23-35)49-46-21-10-8-19-42(46)44-31-37(25-29-47(44)49)38-24-28-43-41-18-7-9-20-45(41)50(48(43)32-38)40-17-11-16-36(30-40)34-14-5-2-6-15-34/h1-10,12-16,18-26,28-30,32,37,39H,11,17,27,31H2. The molecule has 240 valence electrons. The molecule has 2 atom stereocenters. The van der Waals surface area contributed by atoms with Gasteiger partial charge in [-0.2, -0.15) is 0 Å². The number of allylic oxidation sites excluding steroid dienone is 9. The fourth-order valence-corrected chi connectivity index (χ4v) is 8.70. The number of nitrogens with zero attached hydrogens (tertiary/aromatic N) is 2. The second-order valence-electron chi connectivity index (χ2n) is 13.9. The maximum atomic E-state index is 2.58. The number of hydrogen-bond acceptors (Lipinski definition) is 0. The van der Waals surface area contributed by atoms with Gasteiger partial charge in [-0.1, -0.05) is 140 Å². The molecule has 2 heterocycles. The minimum atomic E-state index is 0.294. The highest BCUT2D eigenvalue weighted by Gasteiger charge is 2.27. The Kier molecular flexibility index (Phi) is 6.94. The molecule has 0 saturated heterocycles. The molecule has 3 aliphatic carbocycles. The molecule has 0 saturated carbocycles. The summed E-state index contributed by atoms with van der Waals surface area (Å²) >= 11 is 0. The Morgan fingerprint density at radius 1 is 0.560 bits per heavy atom. The molecule has 3 aliphatic rings.